The van der Waals surface area contributed by atoms with Gasteiger partial charge in [0, 0.05) is 11.6 Å². The summed E-state index contributed by atoms with van der Waals surface area (Å²) in [6.45, 7) is 1.99. The molecule has 0 spiro atoms. The number of rotatable bonds is 6. The molecule has 5 nitrogen and oxygen atoms in total. The molecular weight excluding hydrogens is 340 g/mol. The zero-order chi connectivity index (χ0) is 18.2. The van der Waals surface area contributed by atoms with E-state index in [2.05, 4.69) is 10.6 Å². The van der Waals surface area contributed by atoms with Gasteiger partial charge >= 0.3 is 11.8 Å². The summed E-state index contributed by atoms with van der Waals surface area (Å²) in [7, 11) is 0. The average molecular weight is 361 g/mol. The van der Waals surface area contributed by atoms with Gasteiger partial charge in [0.25, 0.3) is 0 Å². The number of aliphatic hydroxyl groups excluding tert-OH is 1. The molecule has 132 valence electrons. The molecule has 2 atom stereocenters. The van der Waals surface area contributed by atoms with Gasteiger partial charge in [0.1, 0.15) is 0 Å². The summed E-state index contributed by atoms with van der Waals surface area (Å²) in [5.74, 6) is -1.42. The molecule has 2 unspecified atom stereocenters. The SMILES string of the molecule is CC(NC(=O)C(=O)NCCC(O)c1cccc(Cl)c1)c1ccccc1. The summed E-state index contributed by atoms with van der Waals surface area (Å²) >= 11 is 5.88. The Morgan fingerprint density at radius 3 is 2.40 bits per heavy atom. The van der Waals surface area contributed by atoms with E-state index in [1.54, 1.807) is 24.3 Å². The van der Waals surface area contributed by atoms with Crippen molar-refractivity contribution in [3.63, 3.8) is 0 Å². The maximum atomic E-state index is 11.9. The molecule has 0 bridgehead atoms. The van der Waals surface area contributed by atoms with Crippen molar-refractivity contribution in [3.8, 4) is 0 Å². The van der Waals surface area contributed by atoms with Crippen molar-refractivity contribution in [1.82, 2.24) is 10.6 Å². The van der Waals surface area contributed by atoms with Gasteiger partial charge in [-0.25, -0.2) is 0 Å². The molecular formula is C19H21ClN2O3. The highest BCUT2D eigenvalue weighted by molar-refractivity contribution is 6.35. The van der Waals surface area contributed by atoms with Crippen LogP contribution in [0.5, 0.6) is 0 Å². The molecule has 0 aliphatic rings. The lowest BCUT2D eigenvalue weighted by molar-refractivity contribution is -0.139. The molecule has 0 fully saturated rings. The van der Waals surface area contributed by atoms with Crippen molar-refractivity contribution in [2.24, 2.45) is 0 Å². The number of carbonyl (C=O) groups is 2. The van der Waals surface area contributed by atoms with Crippen molar-refractivity contribution in [3.05, 3.63) is 70.7 Å². The van der Waals surface area contributed by atoms with Crippen molar-refractivity contribution in [2.75, 3.05) is 6.54 Å². The first-order valence-electron chi connectivity index (χ1n) is 8.04. The molecule has 0 aliphatic heterocycles. The third kappa shape index (κ3) is 5.89. The van der Waals surface area contributed by atoms with E-state index in [9.17, 15) is 14.7 Å². The molecule has 2 aromatic rings. The molecule has 3 N–H and O–H groups in total. The summed E-state index contributed by atoms with van der Waals surface area (Å²) < 4.78 is 0. The van der Waals surface area contributed by atoms with Crippen LogP contribution in [-0.2, 0) is 9.59 Å². The number of halogens is 1. The van der Waals surface area contributed by atoms with E-state index >= 15 is 0 Å². The Labute approximate surface area is 152 Å². The second-order valence-electron chi connectivity index (χ2n) is 5.72. The van der Waals surface area contributed by atoms with Crippen LogP contribution in [0.4, 0.5) is 0 Å². The highest BCUT2D eigenvalue weighted by Crippen LogP contribution is 2.19. The number of aliphatic hydroxyl groups is 1. The molecule has 25 heavy (non-hydrogen) atoms. The van der Waals surface area contributed by atoms with Gasteiger partial charge in [0.05, 0.1) is 12.1 Å². The lowest BCUT2D eigenvalue weighted by Gasteiger charge is -2.15. The molecule has 0 saturated carbocycles. The molecule has 6 heteroatoms. The van der Waals surface area contributed by atoms with Crippen LogP contribution in [0.25, 0.3) is 0 Å². The smallest absolute Gasteiger partial charge is 0.309 e. The van der Waals surface area contributed by atoms with Crippen LogP contribution in [0, 0.1) is 0 Å². The van der Waals surface area contributed by atoms with Gasteiger partial charge in [0.15, 0.2) is 0 Å². The first kappa shape index (κ1) is 19.0. The fourth-order valence-electron chi connectivity index (χ4n) is 2.37. The highest BCUT2D eigenvalue weighted by Gasteiger charge is 2.17. The quantitative estimate of drug-likeness (QED) is 0.693. The second-order valence-corrected chi connectivity index (χ2v) is 6.16. The van der Waals surface area contributed by atoms with Gasteiger partial charge in [-0.1, -0.05) is 54.1 Å². The fourth-order valence-corrected chi connectivity index (χ4v) is 2.57. The topological polar surface area (TPSA) is 78.4 Å². The second kappa shape index (κ2) is 9.20. The molecule has 0 saturated heterocycles. The standard InChI is InChI=1S/C19H21ClN2O3/c1-13(14-6-3-2-4-7-14)22-19(25)18(24)21-11-10-17(23)15-8-5-9-16(20)12-15/h2-9,12-13,17,23H,10-11H2,1H3,(H,21,24)(H,22,25). The molecule has 2 rings (SSSR count). The first-order chi connectivity index (χ1) is 12.0. The Hall–Kier alpha value is -2.37. The van der Waals surface area contributed by atoms with Gasteiger partial charge < -0.3 is 15.7 Å². The predicted molar refractivity (Wildman–Crippen MR) is 97.0 cm³/mol. The lowest BCUT2D eigenvalue weighted by Crippen LogP contribution is -2.41. The minimum Gasteiger partial charge on any atom is -0.388 e. The summed E-state index contributed by atoms with van der Waals surface area (Å²) in [4.78, 5) is 23.8. The van der Waals surface area contributed by atoms with Crippen molar-refractivity contribution < 1.29 is 14.7 Å². The highest BCUT2D eigenvalue weighted by atomic mass is 35.5. The van der Waals surface area contributed by atoms with Crippen LogP contribution in [0.3, 0.4) is 0 Å². The van der Waals surface area contributed by atoms with E-state index in [0.717, 1.165) is 5.56 Å². The number of benzene rings is 2. The molecule has 0 aromatic heterocycles. The van der Waals surface area contributed by atoms with E-state index in [-0.39, 0.29) is 19.0 Å². The predicted octanol–water partition coefficient (Wildman–Crippen LogP) is 2.76. The van der Waals surface area contributed by atoms with E-state index in [1.165, 1.54) is 0 Å². The van der Waals surface area contributed by atoms with E-state index in [4.69, 9.17) is 11.6 Å². The number of nitrogens with one attached hydrogen (secondary N) is 2. The molecule has 0 radical (unpaired) electrons. The van der Waals surface area contributed by atoms with Gasteiger partial charge in [-0.3, -0.25) is 9.59 Å². The average Bonchev–Trinajstić information content (AvgIpc) is 2.62. The zero-order valence-electron chi connectivity index (χ0n) is 13.9. The summed E-state index contributed by atoms with van der Waals surface area (Å²) in [5, 5.41) is 15.8. The monoisotopic (exact) mass is 360 g/mol. The third-order valence-electron chi connectivity index (χ3n) is 3.79. The minimum atomic E-state index is -0.759. The van der Waals surface area contributed by atoms with E-state index in [0.29, 0.717) is 10.6 Å². The fraction of sp³-hybridized carbons (Fsp3) is 0.263. The maximum absolute atomic E-state index is 11.9. The van der Waals surface area contributed by atoms with Crippen LogP contribution >= 0.6 is 11.6 Å². The van der Waals surface area contributed by atoms with E-state index in [1.807, 2.05) is 37.3 Å². The third-order valence-corrected chi connectivity index (χ3v) is 4.03. The Morgan fingerprint density at radius 2 is 1.72 bits per heavy atom. The summed E-state index contributed by atoms with van der Waals surface area (Å²) in [6, 6.07) is 16.0. The molecule has 0 aliphatic carbocycles. The van der Waals surface area contributed by atoms with Crippen molar-refractivity contribution in [1.29, 1.82) is 0 Å². The lowest BCUT2D eigenvalue weighted by atomic mass is 10.1. The van der Waals surface area contributed by atoms with Gasteiger partial charge in [-0.05, 0) is 36.6 Å². The maximum Gasteiger partial charge on any atom is 0.309 e. The first-order valence-corrected chi connectivity index (χ1v) is 8.42. The number of carbonyl (C=O) groups excluding carboxylic acids is 2. The molecule has 0 heterocycles. The van der Waals surface area contributed by atoms with Gasteiger partial charge in [-0.15, -0.1) is 0 Å². The van der Waals surface area contributed by atoms with Crippen LogP contribution in [0.1, 0.15) is 36.6 Å². The number of hydrogen-bond donors (Lipinski definition) is 3. The van der Waals surface area contributed by atoms with Gasteiger partial charge in [0.2, 0.25) is 0 Å². The summed E-state index contributed by atoms with van der Waals surface area (Å²) in [6.07, 6.45) is -0.474. The Kier molecular flexibility index (Phi) is 6.98. The van der Waals surface area contributed by atoms with Crippen LogP contribution in [0.15, 0.2) is 54.6 Å². The summed E-state index contributed by atoms with van der Waals surface area (Å²) in [5.41, 5.74) is 1.59. The number of amides is 2. The van der Waals surface area contributed by atoms with Crippen molar-refractivity contribution in [2.45, 2.75) is 25.5 Å². The molecule has 2 amide bonds. The Bertz CT molecular complexity index is 722. The number of hydrogen-bond acceptors (Lipinski definition) is 3. The minimum absolute atomic E-state index is 0.180. The molecule has 2 aromatic carbocycles. The zero-order valence-corrected chi connectivity index (χ0v) is 14.7. The largest absolute Gasteiger partial charge is 0.388 e. The van der Waals surface area contributed by atoms with Crippen LogP contribution < -0.4 is 10.6 Å². The van der Waals surface area contributed by atoms with Gasteiger partial charge in [-0.2, -0.15) is 0 Å². The van der Waals surface area contributed by atoms with Crippen LogP contribution in [-0.4, -0.2) is 23.5 Å². The Morgan fingerprint density at radius 1 is 1.04 bits per heavy atom. The van der Waals surface area contributed by atoms with E-state index < -0.39 is 17.9 Å². The normalized spacial score (nSPS) is 12.9. The Balaban J connectivity index is 1.77. The van der Waals surface area contributed by atoms with Crippen molar-refractivity contribution >= 4 is 23.4 Å². The van der Waals surface area contributed by atoms with Crippen LogP contribution in [0.2, 0.25) is 5.02 Å².